The maximum atomic E-state index is 12.6. The van der Waals surface area contributed by atoms with Crippen molar-refractivity contribution < 1.29 is 17.6 Å². The van der Waals surface area contributed by atoms with Crippen LogP contribution in [0.1, 0.15) is 24.2 Å². The van der Waals surface area contributed by atoms with E-state index in [1.165, 1.54) is 24.3 Å². The first-order valence-electron chi connectivity index (χ1n) is 9.04. The quantitative estimate of drug-likeness (QED) is 0.571. The van der Waals surface area contributed by atoms with Crippen LogP contribution in [-0.4, -0.2) is 27.4 Å². The summed E-state index contributed by atoms with van der Waals surface area (Å²) in [5, 5.41) is 16.5. The van der Waals surface area contributed by atoms with Crippen LogP contribution in [0.5, 0.6) is 0 Å². The summed E-state index contributed by atoms with van der Waals surface area (Å²) < 4.78 is 28.2. The van der Waals surface area contributed by atoms with E-state index in [4.69, 9.17) is 15.0 Å². The van der Waals surface area contributed by atoms with E-state index in [1.54, 1.807) is 6.07 Å². The molecule has 0 saturated carbocycles. The average Bonchev–Trinajstić information content (AvgIpc) is 2.68. The topological polar surface area (TPSA) is 129 Å². The van der Waals surface area contributed by atoms with Gasteiger partial charge in [0, 0.05) is 35.9 Å². The third-order valence-corrected chi connectivity index (χ3v) is 5.50. The van der Waals surface area contributed by atoms with Crippen LogP contribution in [0.25, 0.3) is 11.0 Å². The van der Waals surface area contributed by atoms with E-state index < -0.39 is 15.9 Å². The Labute approximate surface area is 168 Å². The van der Waals surface area contributed by atoms with Gasteiger partial charge in [0.25, 0.3) is 5.91 Å². The van der Waals surface area contributed by atoms with Crippen molar-refractivity contribution >= 4 is 38.3 Å². The highest BCUT2D eigenvalue weighted by Crippen LogP contribution is 2.22. The third-order valence-electron chi connectivity index (χ3n) is 4.57. The maximum absolute atomic E-state index is 12.6. The molecular formula is C20H22N4O4S. The van der Waals surface area contributed by atoms with Crippen LogP contribution in [0.15, 0.2) is 57.8 Å². The number of sulfonamides is 1. The van der Waals surface area contributed by atoms with Gasteiger partial charge in [-0.1, -0.05) is 0 Å². The maximum Gasteiger partial charge on any atom is 0.261 e. The number of carbonyl (C=O) groups excluding carboxylic acids is 1. The molecule has 1 heterocycles. The number of nitrogens with zero attached hydrogens (tertiary/aromatic N) is 1. The van der Waals surface area contributed by atoms with Gasteiger partial charge in [-0.05, 0) is 56.3 Å². The van der Waals surface area contributed by atoms with Crippen molar-refractivity contribution in [3.63, 3.8) is 0 Å². The lowest BCUT2D eigenvalue weighted by molar-refractivity contribution is 0.102. The van der Waals surface area contributed by atoms with Gasteiger partial charge in [0.1, 0.15) is 11.1 Å². The molecule has 1 amide bonds. The number of benzene rings is 2. The predicted octanol–water partition coefficient (Wildman–Crippen LogP) is 2.66. The number of rotatable bonds is 6. The molecule has 9 heteroatoms. The number of carbonyl (C=O) groups is 1. The summed E-state index contributed by atoms with van der Waals surface area (Å²) in [5.74, 6) is -0.531. The predicted molar refractivity (Wildman–Crippen MR) is 111 cm³/mol. The smallest absolute Gasteiger partial charge is 0.261 e. The normalized spacial score (nSPS) is 11.4. The second kappa shape index (κ2) is 8.06. The Morgan fingerprint density at radius 1 is 1.10 bits per heavy atom. The van der Waals surface area contributed by atoms with Crippen LogP contribution >= 0.6 is 0 Å². The Morgan fingerprint density at radius 2 is 1.76 bits per heavy atom. The lowest BCUT2D eigenvalue weighted by Gasteiger charge is -2.21. The molecule has 0 fully saturated rings. The second-order valence-electron chi connectivity index (χ2n) is 6.41. The zero-order valence-electron chi connectivity index (χ0n) is 16.1. The molecule has 4 N–H and O–H groups in total. The summed E-state index contributed by atoms with van der Waals surface area (Å²) in [5.41, 5.74) is 1.70. The van der Waals surface area contributed by atoms with Crippen LogP contribution in [0.4, 0.5) is 11.4 Å². The molecule has 3 aromatic rings. The zero-order chi connectivity index (χ0) is 21.2. The molecule has 2 aromatic carbocycles. The third kappa shape index (κ3) is 4.47. The van der Waals surface area contributed by atoms with E-state index in [0.717, 1.165) is 18.8 Å². The van der Waals surface area contributed by atoms with Crippen LogP contribution in [0.3, 0.4) is 0 Å². The lowest BCUT2D eigenvalue weighted by Crippen LogP contribution is -2.22. The molecule has 29 heavy (non-hydrogen) atoms. The highest BCUT2D eigenvalue weighted by atomic mass is 32.2. The van der Waals surface area contributed by atoms with Gasteiger partial charge < -0.3 is 14.6 Å². The van der Waals surface area contributed by atoms with Crippen LogP contribution < -0.4 is 20.9 Å². The van der Waals surface area contributed by atoms with Crippen molar-refractivity contribution in [2.75, 3.05) is 23.3 Å². The Balaban J connectivity index is 1.89. The average molecular weight is 414 g/mol. The Kier molecular flexibility index (Phi) is 5.71. The minimum Gasteiger partial charge on any atom is -0.438 e. The van der Waals surface area contributed by atoms with Crippen molar-refractivity contribution in [2.24, 2.45) is 5.14 Å². The van der Waals surface area contributed by atoms with Gasteiger partial charge in [-0.3, -0.25) is 10.2 Å². The number of amides is 1. The van der Waals surface area contributed by atoms with E-state index in [2.05, 4.69) is 24.1 Å². The summed E-state index contributed by atoms with van der Waals surface area (Å²) >= 11 is 0. The van der Waals surface area contributed by atoms with Gasteiger partial charge in [-0.25, -0.2) is 13.6 Å². The SMILES string of the molecule is CCN(CC)c1ccc2cc(C(=O)Nc3ccc(S(N)(=O)=O)cc3)c(=N)oc2c1. The summed E-state index contributed by atoms with van der Waals surface area (Å²) in [6, 6.07) is 12.7. The number of nitrogens with two attached hydrogens (primary N) is 1. The van der Waals surface area contributed by atoms with E-state index in [1.807, 2.05) is 18.2 Å². The first-order chi connectivity index (χ1) is 13.7. The van der Waals surface area contributed by atoms with Gasteiger partial charge in [0.2, 0.25) is 15.6 Å². The first kappa shape index (κ1) is 20.6. The van der Waals surface area contributed by atoms with Crippen molar-refractivity contribution in [3.8, 4) is 0 Å². The van der Waals surface area contributed by atoms with Crippen LogP contribution in [-0.2, 0) is 10.0 Å². The van der Waals surface area contributed by atoms with E-state index in [-0.39, 0.29) is 16.0 Å². The van der Waals surface area contributed by atoms with Crippen LogP contribution in [0, 0.1) is 5.41 Å². The molecule has 152 valence electrons. The fraction of sp³-hybridized carbons (Fsp3) is 0.200. The molecule has 0 aliphatic heterocycles. The Hall–Kier alpha value is -3.17. The highest BCUT2D eigenvalue weighted by Gasteiger charge is 2.14. The number of hydrogen-bond acceptors (Lipinski definition) is 6. The summed E-state index contributed by atoms with van der Waals surface area (Å²) in [7, 11) is -3.81. The van der Waals surface area contributed by atoms with Gasteiger partial charge in [-0.15, -0.1) is 0 Å². The molecule has 8 nitrogen and oxygen atoms in total. The van der Waals surface area contributed by atoms with Crippen molar-refractivity contribution in [3.05, 3.63) is 59.6 Å². The number of primary sulfonamides is 1. The largest absolute Gasteiger partial charge is 0.438 e. The number of hydrogen-bond donors (Lipinski definition) is 3. The highest BCUT2D eigenvalue weighted by molar-refractivity contribution is 7.89. The van der Waals surface area contributed by atoms with E-state index in [0.29, 0.717) is 16.7 Å². The number of nitrogens with one attached hydrogen (secondary N) is 2. The molecule has 0 saturated heterocycles. The second-order valence-corrected chi connectivity index (χ2v) is 7.97. The Bertz CT molecular complexity index is 1210. The molecule has 0 aliphatic rings. The first-order valence-corrected chi connectivity index (χ1v) is 10.6. The van der Waals surface area contributed by atoms with Crippen LogP contribution in [0.2, 0.25) is 0 Å². The molecule has 0 atom stereocenters. The molecular weight excluding hydrogens is 392 g/mol. The van der Waals surface area contributed by atoms with E-state index in [9.17, 15) is 13.2 Å². The van der Waals surface area contributed by atoms with Gasteiger partial charge >= 0.3 is 0 Å². The Morgan fingerprint density at radius 3 is 2.34 bits per heavy atom. The standard InChI is InChI=1S/C20H22N4O4S/c1-3-24(4-2)15-8-5-13-11-17(19(21)28-18(13)12-15)20(25)23-14-6-9-16(10-7-14)29(22,26)27/h5-12,21H,3-4H2,1-2H3,(H,23,25)(H2,22,26,27). The monoisotopic (exact) mass is 414 g/mol. The van der Waals surface area contributed by atoms with Gasteiger partial charge in [-0.2, -0.15) is 0 Å². The molecule has 3 rings (SSSR count). The molecule has 0 bridgehead atoms. The molecule has 0 radical (unpaired) electrons. The van der Waals surface area contributed by atoms with Crippen molar-refractivity contribution in [1.29, 1.82) is 5.41 Å². The minimum atomic E-state index is -3.81. The fourth-order valence-electron chi connectivity index (χ4n) is 3.00. The van der Waals surface area contributed by atoms with Crippen molar-refractivity contribution in [1.82, 2.24) is 0 Å². The zero-order valence-corrected chi connectivity index (χ0v) is 16.9. The summed E-state index contributed by atoms with van der Waals surface area (Å²) in [4.78, 5) is 14.7. The lowest BCUT2D eigenvalue weighted by atomic mass is 10.1. The molecule has 1 aromatic heterocycles. The van der Waals surface area contributed by atoms with Crippen molar-refractivity contribution in [2.45, 2.75) is 18.7 Å². The molecule has 0 aliphatic carbocycles. The van der Waals surface area contributed by atoms with Gasteiger partial charge in [0.05, 0.1) is 4.90 Å². The summed E-state index contributed by atoms with van der Waals surface area (Å²) in [6.07, 6.45) is 0. The minimum absolute atomic E-state index is 0.0543. The molecule has 0 unspecified atom stereocenters. The van der Waals surface area contributed by atoms with Gasteiger partial charge in [0.15, 0.2) is 0 Å². The number of anilines is 2. The van der Waals surface area contributed by atoms with E-state index >= 15 is 0 Å². The number of fused-ring (bicyclic) bond motifs is 1. The summed E-state index contributed by atoms with van der Waals surface area (Å²) in [6.45, 7) is 5.81. The fourth-order valence-corrected chi connectivity index (χ4v) is 3.51. The molecule has 0 spiro atoms.